The van der Waals surface area contributed by atoms with E-state index in [-0.39, 0.29) is 34.6 Å². The van der Waals surface area contributed by atoms with Crippen LogP contribution >= 0.6 is 0 Å². The van der Waals surface area contributed by atoms with Crippen molar-refractivity contribution in [3.05, 3.63) is 157 Å². The van der Waals surface area contributed by atoms with E-state index in [2.05, 4.69) is 0 Å². The molecule has 6 aliphatic rings. The standard InChI is InChI=1S/3C19H20O4/c3*1-10-8-11-12(9-13(10)23-5)19(4)7-6-14(20)18(2,3)17(19)16(22)15(11)21/h3*6-9,22H,1-5H3/t2*19-;/m10./s1. The minimum absolute atomic E-state index is 0.119. The Kier molecular flexibility index (Phi) is 11.8. The molecular formula is C57H60O12. The maximum absolute atomic E-state index is 12.7. The monoisotopic (exact) mass is 936 g/mol. The zero-order valence-corrected chi connectivity index (χ0v) is 41.9. The highest BCUT2D eigenvalue weighted by Gasteiger charge is 2.54. The number of aryl methyl sites for hydroxylation is 3. The van der Waals surface area contributed by atoms with Crippen LogP contribution in [0.4, 0.5) is 0 Å². The molecule has 69 heavy (non-hydrogen) atoms. The third-order valence-electron chi connectivity index (χ3n) is 15.4. The number of Topliss-reactive ketones (excluding diaryl/α,β-unsaturated/α-hetero) is 3. The van der Waals surface area contributed by atoms with Crippen molar-refractivity contribution in [2.24, 2.45) is 16.2 Å². The molecule has 3 aromatic carbocycles. The van der Waals surface area contributed by atoms with Crippen LogP contribution in [0.1, 0.15) is 127 Å². The molecule has 0 heterocycles. The molecule has 0 fully saturated rings. The van der Waals surface area contributed by atoms with Crippen LogP contribution in [0.3, 0.4) is 0 Å². The Labute approximate surface area is 402 Å². The van der Waals surface area contributed by atoms with Crippen LogP contribution in [0, 0.1) is 37.0 Å². The van der Waals surface area contributed by atoms with Gasteiger partial charge in [-0.15, -0.1) is 0 Å². The molecule has 3 aromatic rings. The van der Waals surface area contributed by atoms with E-state index in [0.717, 1.165) is 33.4 Å². The number of hydrogen-bond acceptors (Lipinski definition) is 12. The van der Waals surface area contributed by atoms with Crippen molar-refractivity contribution in [3.63, 3.8) is 0 Å². The molecule has 12 nitrogen and oxygen atoms in total. The summed E-state index contributed by atoms with van der Waals surface area (Å²) >= 11 is 0. The maximum Gasteiger partial charge on any atom is 0.227 e. The Balaban J connectivity index is 0.000000153. The van der Waals surface area contributed by atoms with Crippen molar-refractivity contribution in [2.75, 3.05) is 21.3 Å². The van der Waals surface area contributed by atoms with E-state index < -0.39 is 49.8 Å². The molecule has 0 radical (unpaired) electrons. The number of aliphatic hydroxyl groups is 3. The first-order valence-corrected chi connectivity index (χ1v) is 22.7. The Hall–Kier alpha value is -7.08. The summed E-state index contributed by atoms with van der Waals surface area (Å²) in [6.45, 7) is 21.8. The van der Waals surface area contributed by atoms with Gasteiger partial charge in [0.25, 0.3) is 0 Å². The van der Waals surface area contributed by atoms with E-state index in [9.17, 15) is 44.1 Å². The average Bonchev–Trinajstić information content (AvgIpc) is 3.28. The third-order valence-corrected chi connectivity index (χ3v) is 15.4. The van der Waals surface area contributed by atoms with Crippen molar-refractivity contribution >= 4 is 34.7 Å². The molecule has 1 unspecified atom stereocenters. The van der Waals surface area contributed by atoms with E-state index >= 15 is 0 Å². The number of ether oxygens (including phenoxy) is 3. The van der Waals surface area contributed by atoms with Gasteiger partial charge in [-0.2, -0.15) is 0 Å². The van der Waals surface area contributed by atoms with E-state index in [0.29, 0.717) is 50.7 Å². The predicted octanol–water partition coefficient (Wildman–Crippen LogP) is 10.3. The number of hydrogen-bond donors (Lipinski definition) is 3. The minimum atomic E-state index is -0.931. The zero-order chi connectivity index (χ0) is 51.5. The van der Waals surface area contributed by atoms with Crippen LogP contribution < -0.4 is 14.2 Å². The van der Waals surface area contributed by atoms with Gasteiger partial charge in [0.05, 0.1) is 37.6 Å². The molecule has 0 aliphatic heterocycles. The van der Waals surface area contributed by atoms with Crippen LogP contribution in [-0.4, -0.2) is 71.3 Å². The third kappa shape index (κ3) is 7.07. The highest BCUT2D eigenvalue weighted by molar-refractivity contribution is 6.15. The summed E-state index contributed by atoms with van der Waals surface area (Å²) in [5.74, 6) is -0.555. The number of benzene rings is 3. The Morgan fingerprint density at radius 3 is 0.797 bits per heavy atom. The number of rotatable bonds is 3. The minimum Gasteiger partial charge on any atom is -0.504 e. The van der Waals surface area contributed by atoms with Gasteiger partial charge in [-0.05, 0) is 171 Å². The first-order chi connectivity index (χ1) is 31.9. The number of ketones is 6. The van der Waals surface area contributed by atoms with E-state index in [1.54, 1.807) is 118 Å². The fourth-order valence-corrected chi connectivity index (χ4v) is 11.5. The number of fused-ring (bicyclic) bond motifs is 9. The number of allylic oxidation sites excluding steroid dienone is 12. The lowest BCUT2D eigenvalue weighted by molar-refractivity contribution is -0.122. The summed E-state index contributed by atoms with van der Waals surface area (Å²) in [5, 5.41) is 31.7. The van der Waals surface area contributed by atoms with E-state index in [1.165, 1.54) is 0 Å². The van der Waals surface area contributed by atoms with Crippen LogP contribution in [0.15, 0.2) is 107 Å². The van der Waals surface area contributed by atoms with Crippen molar-refractivity contribution in [1.82, 2.24) is 0 Å². The van der Waals surface area contributed by atoms with Gasteiger partial charge in [-0.25, -0.2) is 0 Å². The van der Waals surface area contributed by atoms with Crippen LogP contribution in [-0.2, 0) is 30.6 Å². The van der Waals surface area contributed by atoms with Gasteiger partial charge in [0.1, 0.15) is 17.2 Å². The van der Waals surface area contributed by atoms with Gasteiger partial charge < -0.3 is 29.5 Å². The smallest absolute Gasteiger partial charge is 0.227 e. The first kappa shape index (κ1) is 49.8. The lowest BCUT2D eigenvalue weighted by Crippen LogP contribution is -2.45. The SMILES string of the molecule is COc1cc2c(cc1C)C(=O)C(O)=C1C(C)(C)C(=O)C=CC12C.COc1cc2c(cc1C)C(=O)C(O)=C1C(C)(C)C(=O)C=C[C@@]12C.COc1cc2c(cc1C)C(=O)C(O)=C1C(C)(C)C(=O)C=C[C@]12C. The second-order valence-electron chi connectivity index (χ2n) is 20.8. The van der Waals surface area contributed by atoms with Gasteiger partial charge in [0, 0.05) is 49.7 Å². The number of methoxy groups -OCH3 is 3. The number of carbonyl (C=O) groups is 6. The van der Waals surface area contributed by atoms with E-state index in [1.807, 2.05) is 59.7 Å². The first-order valence-electron chi connectivity index (χ1n) is 22.7. The average molecular weight is 937 g/mol. The summed E-state index contributed by atoms with van der Waals surface area (Å²) in [5.41, 5.74) is 2.58. The Morgan fingerprint density at radius 1 is 0.377 bits per heavy atom. The van der Waals surface area contributed by atoms with Gasteiger partial charge in [-0.1, -0.05) is 18.2 Å². The fourth-order valence-electron chi connectivity index (χ4n) is 11.5. The molecule has 0 bridgehead atoms. The van der Waals surface area contributed by atoms with Gasteiger partial charge in [-0.3, -0.25) is 28.8 Å². The quantitative estimate of drug-likeness (QED) is 0.226. The molecule has 3 N–H and O–H groups in total. The summed E-state index contributed by atoms with van der Waals surface area (Å²) in [7, 11) is 4.75. The normalized spacial score (nSPS) is 25.3. The van der Waals surface area contributed by atoms with Gasteiger partial charge in [0.15, 0.2) is 34.6 Å². The molecular weight excluding hydrogens is 877 g/mol. The lowest BCUT2D eigenvalue weighted by Gasteiger charge is -2.44. The second-order valence-corrected chi connectivity index (χ2v) is 20.8. The molecule has 0 spiro atoms. The van der Waals surface area contributed by atoms with E-state index in [4.69, 9.17) is 14.2 Å². The second kappa shape index (κ2) is 16.3. The maximum atomic E-state index is 12.7. The van der Waals surface area contributed by atoms with Crippen LogP contribution in [0.2, 0.25) is 0 Å². The Morgan fingerprint density at radius 2 is 0.594 bits per heavy atom. The summed E-state index contributed by atoms with van der Waals surface area (Å²) in [4.78, 5) is 74.9. The topological polar surface area (TPSA) is 191 Å². The Bertz CT molecular complexity index is 2760. The van der Waals surface area contributed by atoms with Crippen LogP contribution in [0.5, 0.6) is 17.2 Å². The van der Waals surface area contributed by atoms with Crippen molar-refractivity contribution in [3.8, 4) is 17.2 Å². The molecule has 3 atom stereocenters. The predicted molar refractivity (Wildman–Crippen MR) is 261 cm³/mol. The molecule has 360 valence electrons. The summed E-state index contributed by atoms with van der Waals surface area (Å²) in [6.07, 6.45) is 9.94. The molecule has 9 rings (SSSR count). The molecule has 0 saturated carbocycles. The highest BCUT2D eigenvalue weighted by Crippen LogP contribution is 2.56. The van der Waals surface area contributed by atoms with Crippen molar-refractivity contribution in [1.29, 1.82) is 0 Å². The molecule has 0 aromatic heterocycles. The fraction of sp³-hybridized carbons (Fsp3) is 0.368. The molecule has 0 amide bonds. The molecule has 6 aliphatic carbocycles. The highest BCUT2D eigenvalue weighted by atomic mass is 16.5. The molecule has 0 saturated heterocycles. The zero-order valence-electron chi connectivity index (χ0n) is 41.9. The van der Waals surface area contributed by atoms with Gasteiger partial charge in [0.2, 0.25) is 17.3 Å². The van der Waals surface area contributed by atoms with Crippen molar-refractivity contribution in [2.45, 2.75) is 99.3 Å². The van der Waals surface area contributed by atoms with Gasteiger partial charge >= 0.3 is 0 Å². The van der Waals surface area contributed by atoms with Crippen molar-refractivity contribution < 1.29 is 58.3 Å². The summed E-state index contributed by atoms with van der Waals surface area (Å²) < 4.78 is 16.2. The molecule has 12 heteroatoms. The number of carbonyl (C=O) groups excluding carboxylic acids is 6. The number of aliphatic hydroxyl groups excluding tert-OH is 3. The van der Waals surface area contributed by atoms with Crippen LogP contribution in [0.25, 0.3) is 0 Å². The summed E-state index contributed by atoms with van der Waals surface area (Å²) in [6, 6.07) is 10.7. The largest absolute Gasteiger partial charge is 0.504 e. The lowest BCUT2D eigenvalue weighted by atomic mass is 9.57.